The largest absolute Gasteiger partial charge is 0.379 e. The molecule has 1 unspecified atom stereocenters. The average Bonchev–Trinajstić information content (AvgIpc) is 2.42. The number of carbonyl (C=O) groups excluding carboxylic acids is 1. The van der Waals surface area contributed by atoms with Crippen LogP contribution in [-0.2, 0) is 9.53 Å². The van der Waals surface area contributed by atoms with Crippen molar-refractivity contribution in [3.63, 3.8) is 0 Å². The molecule has 0 aliphatic heterocycles. The van der Waals surface area contributed by atoms with Gasteiger partial charge in [0.2, 0.25) is 5.78 Å². The minimum atomic E-state index is -0.0535. The van der Waals surface area contributed by atoms with E-state index in [2.05, 4.69) is 39.5 Å². The van der Waals surface area contributed by atoms with Gasteiger partial charge in [0.15, 0.2) is 0 Å². The van der Waals surface area contributed by atoms with Gasteiger partial charge < -0.3 is 4.74 Å². The first-order valence-electron chi connectivity index (χ1n) is 8.48. The van der Waals surface area contributed by atoms with Crippen molar-refractivity contribution in [1.82, 2.24) is 0 Å². The maximum Gasteiger partial charge on any atom is 0.205 e. The van der Waals surface area contributed by atoms with Crippen molar-refractivity contribution < 1.29 is 9.53 Å². The van der Waals surface area contributed by atoms with E-state index >= 15 is 0 Å². The molecule has 0 aromatic carbocycles. The van der Waals surface area contributed by atoms with Gasteiger partial charge in [-0.15, -0.1) is 0 Å². The molecule has 0 spiro atoms. The molecule has 0 radical (unpaired) electrons. The molecule has 0 saturated carbocycles. The summed E-state index contributed by atoms with van der Waals surface area (Å²) in [4.78, 5) is 11.8. The first kappa shape index (κ1) is 20.2. The van der Waals surface area contributed by atoms with Gasteiger partial charge in [-0.05, 0) is 38.5 Å². The molecule has 2 heteroatoms. The van der Waals surface area contributed by atoms with E-state index in [1.807, 2.05) is 0 Å². The topological polar surface area (TPSA) is 26.3 Å². The van der Waals surface area contributed by atoms with E-state index in [9.17, 15) is 4.79 Å². The van der Waals surface area contributed by atoms with Crippen LogP contribution in [0.4, 0.5) is 0 Å². The van der Waals surface area contributed by atoms with Crippen molar-refractivity contribution in [2.24, 2.45) is 5.92 Å². The number of hydrogen-bond acceptors (Lipinski definition) is 2. The Kier molecular flexibility index (Phi) is 11.4. The van der Waals surface area contributed by atoms with Crippen LogP contribution >= 0.6 is 0 Å². The number of Topliss-reactive ketones (excluding diaryl/α,β-unsaturated/α-hetero) is 1. The second-order valence-corrected chi connectivity index (χ2v) is 6.70. The minimum Gasteiger partial charge on any atom is -0.379 e. The maximum absolute atomic E-state index is 11.8. The molecule has 0 aromatic heterocycles. The van der Waals surface area contributed by atoms with E-state index in [-0.39, 0.29) is 11.4 Å². The smallest absolute Gasteiger partial charge is 0.205 e. The fourth-order valence-electron chi connectivity index (χ4n) is 2.25. The van der Waals surface area contributed by atoms with E-state index in [1.165, 1.54) is 19.3 Å². The molecule has 0 aliphatic rings. The second-order valence-electron chi connectivity index (χ2n) is 6.70. The van der Waals surface area contributed by atoms with Crippen molar-refractivity contribution in [3.8, 4) is 11.8 Å². The Balaban J connectivity index is 3.77. The summed E-state index contributed by atoms with van der Waals surface area (Å²) in [5.74, 6) is 6.33. The third kappa shape index (κ3) is 12.6. The summed E-state index contributed by atoms with van der Waals surface area (Å²) in [7, 11) is 1.75. The van der Waals surface area contributed by atoms with Crippen LogP contribution in [-0.4, -0.2) is 18.5 Å². The van der Waals surface area contributed by atoms with Crippen LogP contribution in [0.1, 0.15) is 85.5 Å². The van der Waals surface area contributed by atoms with Gasteiger partial charge in [0, 0.05) is 20.0 Å². The predicted molar refractivity (Wildman–Crippen MR) is 90.3 cm³/mol. The van der Waals surface area contributed by atoms with Crippen molar-refractivity contribution in [2.45, 2.75) is 91.1 Å². The number of rotatable bonds is 11. The highest BCUT2D eigenvalue weighted by Gasteiger charge is 2.16. The Bertz CT molecular complexity index is 333. The van der Waals surface area contributed by atoms with Gasteiger partial charge in [-0.2, -0.15) is 0 Å². The van der Waals surface area contributed by atoms with Gasteiger partial charge in [0.1, 0.15) is 0 Å². The predicted octanol–water partition coefficient (Wildman–Crippen LogP) is 5.15. The summed E-state index contributed by atoms with van der Waals surface area (Å²) >= 11 is 0. The van der Waals surface area contributed by atoms with E-state index in [0.717, 1.165) is 32.1 Å². The number of carbonyl (C=O) groups is 1. The number of methoxy groups -OCH3 is 1. The van der Waals surface area contributed by atoms with Crippen LogP contribution in [0.25, 0.3) is 0 Å². The van der Waals surface area contributed by atoms with Crippen LogP contribution in [0.3, 0.4) is 0 Å². The van der Waals surface area contributed by atoms with E-state index in [4.69, 9.17) is 4.74 Å². The quantitative estimate of drug-likeness (QED) is 0.299. The second kappa shape index (κ2) is 11.8. The van der Waals surface area contributed by atoms with Gasteiger partial charge in [0.25, 0.3) is 0 Å². The number of unbranched alkanes of at least 4 members (excludes halogenated alkanes) is 4. The molecular formula is C19H34O2. The summed E-state index contributed by atoms with van der Waals surface area (Å²) in [6.07, 6.45) is 9.51. The molecule has 0 rings (SSSR count). The van der Waals surface area contributed by atoms with E-state index in [0.29, 0.717) is 12.3 Å². The molecule has 0 aliphatic carbocycles. The van der Waals surface area contributed by atoms with Gasteiger partial charge >= 0.3 is 0 Å². The summed E-state index contributed by atoms with van der Waals surface area (Å²) in [5, 5.41) is 0. The lowest BCUT2D eigenvalue weighted by molar-refractivity contribution is -0.114. The van der Waals surface area contributed by atoms with Crippen molar-refractivity contribution in [2.75, 3.05) is 7.11 Å². The highest BCUT2D eigenvalue weighted by Crippen LogP contribution is 2.20. The lowest BCUT2D eigenvalue weighted by atomic mass is 9.94. The Hall–Kier alpha value is -0.810. The summed E-state index contributed by atoms with van der Waals surface area (Å²) in [6, 6.07) is 0. The molecule has 122 valence electrons. The van der Waals surface area contributed by atoms with Crippen LogP contribution in [0.2, 0.25) is 0 Å². The van der Waals surface area contributed by atoms with Gasteiger partial charge in [-0.1, -0.05) is 51.9 Å². The molecular weight excluding hydrogens is 260 g/mol. The van der Waals surface area contributed by atoms with E-state index in [1.54, 1.807) is 7.11 Å². The highest BCUT2D eigenvalue weighted by molar-refractivity contribution is 5.95. The third-order valence-electron chi connectivity index (χ3n) is 3.95. The van der Waals surface area contributed by atoms with Gasteiger partial charge in [0.05, 0.1) is 5.60 Å². The highest BCUT2D eigenvalue weighted by atomic mass is 16.5. The van der Waals surface area contributed by atoms with Gasteiger partial charge in [-0.25, -0.2) is 0 Å². The average molecular weight is 294 g/mol. The maximum atomic E-state index is 11.8. The molecule has 1 atom stereocenters. The summed E-state index contributed by atoms with van der Waals surface area (Å²) in [6.45, 7) is 8.55. The van der Waals surface area contributed by atoms with Crippen LogP contribution in [0, 0.1) is 17.8 Å². The molecule has 0 aromatic rings. The Labute approximate surface area is 132 Å². The minimum absolute atomic E-state index is 0.0535. The molecule has 0 bridgehead atoms. The first-order chi connectivity index (χ1) is 9.91. The Morgan fingerprint density at radius 1 is 1.19 bits per heavy atom. The lowest BCUT2D eigenvalue weighted by Crippen LogP contribution is -2.22. The molecule has 2 nitrogen and oxygen atoms in total. The van der Waals surface area contributed by atoms with E-state index < -0.39 is 0 Å². The third-order valence-corrected chi connectivity index (χ3v) is 3.95. The zero-order valence-electron chi connectivity index (χ0n) is 14.8. The normalized spacial score (nSPS) is 12.6. The standard InChI is InChI=1S/C19H34O2/c1-6-7-8-9-10-11-14-18(20)16-17(2)13-12-15-19(3,4)21-5/h17H,6-10,12-13,15-16H2,1-5H3. The number of ketones is 1. The number of hydrogen-bond donors (Lipinski definition) is 0. The van der Waals surface area contributed by atoms with Crippen molar-refractivity contribution in [3.05, 3.63) is 0 Å². The van der Waals surface area contributed by atoms with Gasteiger partial charge in [-0.3, -0.25) is 4.79 Å². The zero-order valence-corrected chi connectivity index (χ0v) is 14.8. The molecule has 0 amide bonds. The van der Waals surface area contributed by atoms with Crippen molar-refractivity contribution in [1.29, 1.82) is 0 Å². The molecule has 0 heterocycles. The van der Waals surface area contributed by atoms with Crippen molar-refractivity contribution >= 4 is 5.78 Å². The SMILES string of the molecule is CCCCCCC#CC(=O)CC(C)CCCC(C)(C)OC. The fraction of sp³-hybridized carbons (Fsp3) is 0.842. The summed E-state index contributed by atoms with van der Waals surface area (Å²) in [5.41, 5.74) is -0.0535. The van der Waals surface area contributed by atoms with Crippen LogP contribution < -0.4 is 0 Å². The van der Waals surface area contributed by atoms with Crippen LogP contribution in [0.5, 0.6) is 0 Å². The molecule has 0 saturated heterocycles. The first-order valence-corrected chi connectivity index (χ1v) is 8.48. The zero-order chi connectivity index (χ0) is 16.1. The molecule has 0 N–H and O–H groups in total. The lowest BCUT2D eigenvalue weighted by Gasteiger charge is -2.23. The van der Waals surface area contributed by atoms with Crippen LogP contribution in [0.15, 0.2) is 0 Å². The Morgan fingerprint density at radius 3 is 2.52 bits per heavy atom. The Morgan fingerprint density at radius 2 is 1.90 bits per heavy atom. The molecule has 0 fully saturated rings. The fourth-order valence-corrected chi connectivity index (χ4v) is 2.25. The molecule has 21 heavy (non-hydrogen) atoms. The monoisotopic (exact) mass is 294 g/mol. The number of ether oxygens (including phenoxy) is 1. The summed E-state index contributed by atoms with van der Waals surface area (Å²) < 4.78 is 5.40.